The number of hydrogen-bond donors (Lipinski definition) is 5. The maximum absolute atomic E-state index is 12.7. The molecule has 4 aliphatic rings. The quantitative estimate of drug-likeness (QED) is 0.0805. The molecule has 26 heteroatoms. The van der Waals surface area contributed by atoms with Crippen molar-refractivity contribution >= 4 is 110 Å². The molecule has 4 aromatic heterocycles. The largest absolute Gasteiger partial charge is 0.480 e. The molecular weight excluding hydrogens is 1270 g/mol. The second-order valence-corrected chi connectivity index (χ2v) is 24.2. The van der Waals surface area contributed by atoms with Gasteiger partial charge in [-0.15, -0.1) is 12.4 Å². The Bertz CT molecular complexity index is 3750. The van der Waals surface area contributed by atoms with E-state index in [9.17, 15) is 18.8 Å². The van der Waals surface area contributed by atoms with Gasteiger partial charge in [-0.1, -0.05) is 109 Å². The molecule has 3 aliphatic carbocycles. The van der Waals surface area contributed by atoms with Gasteiger partial charge in [0.05, 0.1) is 53.4 Å². The second kappa shape index (κ2) is 35.8. The minimum absolute atomic E-state index is 0. The van der Waals surface area contributed by atoms with Crippen molar-refractivity contribution < 1.29 is 46.8 Å². The lowest BCUT2D eigenvalue weighted by molar-refractivity contribution is -0.142. The topological polar surface area (TPSA) is 276 Å². The highest BCUT2D eigenvalue weighted by Gasteiger charge is 2.37. The number of halogens is 4. The summed E-state index contributed by atoms with van der Waals surface area (Å²) in [4.78, 5) is 55.0. The monoisotopic (exact) mass is 1340 g/mol. The van der Waals surface area contributed by atoms with Crippen LogP contribution >= 0.6 is 35.6 Å². The Kier molecular flexibility index (Phi) is 27.8. The molecule has 8 aromatic rings. The highest BCUT2D eigenvalue weighted by molar-refractivity contribution is 7.52. The number of carboxylic acid groups (broad SMARTS) is 1. The first-order valence-electron chi connectivity index (χ1n) is 30.5. The van der Waals surface area contributed by atoms with Crippen molar-refractivity contribution in [3.05, 3.63) is 144 Å². The van der Waals surface area contributed by atoms with Crippen LogP contribution < -0.4 is 21.7 Å². The Hall–Kier alpha value is -7.67. The molecule has 5 atom stereocenters. The van der Waals surface area contributed by atoms with Gasteiger partial charge in [0, 0.05) is 82.3 Å². The predicted octanol–water partition coefficient (Wildman–Crippen LogP) is 13.3. The fraction of sp³-hybridized carbons (Fsp3) is 0.400. The number of nitrogens with two attached hydrogens (primary N) is 1. The molecule has 20 nitrogen and oxygen atoms in total. The van der Waals surface area contributed by atoms with Crippen LogP contribution in [0, 0.1) is 5.92 Å². The Labute approximate surface area is 553 Å². The molecule has 3 saturated carbocycles. The lowest BCUT2D eigenvalue weighted by Crippen LogP contribution is -2.43. The van der Waals surface area contributed by atoms with Crippen LogP contribution in [0.25, 0.3) is 55.7 Å². The number of ether oxygens (including phenoxy) is 1. The standard InChI is InChI=1S/C30H32ClN5O.C24H24ClN5.C10H17NO4.CH3F.ClH.2O2S/c31-26-18-32-30(34-22-12-8-11-21(17-22)33-29(37)20-9-4-5-10-20)35-28(26)25-19-36(23-13-2-1-3-14-23)27-16-7-6-15-24(25)27;25-21-14-27-24(28-17-8-6-7-16(26)13-17)29-23(21)20-15-30(18-9-2-1-3-10-18)22-12-5-4-11-19(20)22;1-10(2,3)15-9(14)11-6-4-5-7(11)8(12)13;1-2;;2*1-3-2/h1-3,6-7,13-16,18-22H,4-5,8-12,17H2,(H,33,37)(H,32,34,35);1-5,9-12,14-17H,6-8,13,26H2,(H,27,28,29);7H,4-6H2,1-3H3,(H,12,13);1H3;1H;;/t21-,22+;16-,17+;7-;;;;/m001..../s1/i;;;1D;;;. The van der Waals surface area contributed by atoms with Crippen molar-refractivity contribution in [1.82, 2.24) is 39.3 Å². The van der Waals surface area contributed by atoms with Crippen molar-refractivity contribution in [2.45, 2.75) is 146 Å². The zero-order valence-corrected chi connectivity index (χ0v) is 54.7. The number of carboxylic acids is 1. The SMILES string of the molecule is CC(C)(C)OC(=O)N1CCC[C@@H]1C(=O)O.Cl.N[C@H]1CCC[C@@H](Nc2ncc(Cl)c(-c3cn(-c4ccccc4)c4ccccc34)n2)C1.O=C(N[C@H]1CCC[C@@H](Nc2ncc(Cl)c(-c3cn(-c4ccccc4)c4ccccc34)n2)C1)C1CCCC1.O=S=O.O=S=O.[2H]CF. The number of rotatable bonds is 11. The van der Waals surface area contributed by atoms with Crippen LogP contribution in [0.4, 0.5) is 21.1 Å². The molecule has 0 radical (unpaired) electrons. The summed E-state index contributed by atoms with van der Waals surface area (Å²) in [5, 5.41) is 22.5. The molecule has 0 unspecified atom stereocenters. The summed E-state index contributed by atoms with van der Waals surface area (Å²) < 4.78 is 58.1. The molecule has 6 N–H and O–H groups in total. The van der Waals surface area contributed by atoms with Crippen LogP contribution in [0.2, 0.25) is 10.0 Å². The summed E-state index contributed by atoms with van der Waals surface area (Å²) in [6.07, 6.45) is 20.9. The van der Waals surface area contributed by atoms with E-state index in [0.717, 1.165) is 121 Å². The Morgan fingerprint density at radius 2 is 1.09 bits per heavy atom. The van der Waals surface area contributed by atoms with Crippen LogP contribution in [-0.2, 0) is 37.5 Å². The number of carbonyl (C=O) groups is 3. The smallest absolute Gasteiger partial charge is 0.411 e. The average Bonchev–Trinajstić information content (AvgIpc) is 1.64. The minimum atomic E-state index is -1.00. The van der Waals surface area contributed by atoms with E-state index in [1.165, 1.54) is 17.7 Å². The molecule has 1 saturated heterocycles. The number of aromatic nitrogens is 6. The number of nitrogens with one attached hydrogen (secondary N) is 3. The third-order valence-electron chi connectivity index (χ3n) is 15.8. The van der Waals surface area contributed by atoms with Gasteiger partial charge < -0.3 is 40.7 Å². The third-order valence-corrected chi connectivity index (χ3v) is 16.3. The van der Waals surface area contributed by atoms with Crippen LogP contribution in [0.1, 0.15) is 112 Å². The van der Waals surface area contributed by atoms with Gasteiger partial charge in [0.25, 0.3) is 0 Å². The van der Waals surface area contributed by atoms with Gasteiger partial charge in [-0.2, -0.15) is 16.8 Å². The number of nitrogens with zero attached hydrogens (tertiary/aromatic N) is 7. The number of aliphatic carboxylic acids is 1. The average molecular weight is 1350 g/mol. The Balaban J connectivity index is 0.000000218. The number of likely N-dealkylation sites (tertiary alicyclic amines) is 1. The molecule has 0 spiro atoms. The first-order valence-corrected chi connectivity index (χ1v) is 31.9. The third kappa shape index (κ3) is 20.2. The highest BCUT2D eigenvalue weighted by Crippen LogP contribution is 2.38. The molecule has 91 heavy (non-hydrogen) atoms. The van der Waals surface area contributed by atoms with Gasteiger partial charge >= 0.3 is 35.2 Å². The van der Waals surface area contributed by atoms with Crippen molar-refractivity contribution in [2.24, 2.45) is 11.7 Å². The summed E-state index contributed by atoms with van der Waals surface area (Å²) in [6.45, 7) is 5.75. The van der Waals surface area contributed by atoms with Gasteiger partial charge in [0.2, 0.25) is 17.8 Å². The number of anilines is 2. The molecule has 486 valence electrons. The number of carbonyl (C=O) groups excluding carboxylic acids is 2. The number of hydrogen-bond acceptors (Lipinski definition) is 15. The zero-order chi connectivity index (χ0) is 65.5. The summed E-state index contributed by atoms with van der Waals surface area (Å²) >= 11 is 11.7. The van der Waals surface area contributed by atoms with Gasteiger partial charge in [-0.25, -0.2) is 29.5 Å². The maximum atomic E-state index is 12.7. The number of amides is 2. The number of para-hydroxylation sites is 4. The summed E-state index contributed by atoms with van der Waals surface area (Å²) in [7, 11) is -1.00. The number of benzene rings is 4. The van der Waals surface area contributed by atoms with Crippen molar-refractivity contribution in [2.75, 3.05) is 24.3 Å². The first-order chi connectivity index (χ1) is 43.9. The molecular formula is C65H77Cl3FN11O9S2. The summed E-state index contributed by atoms with van der Waals surface area (Å²) in [5.74, 6) is 0.656. The lowest BCUT2D eigenvalue weighted by Gasteiger charge is -2.31. The van der Waals surface area contributed by atoms with E-state index in [2.05, 4.69) is 96.0 Å². The lowest BCUT2D eigenvalue weighted by atomic mass is 9.90. The van der Waals surface area contributed by atoms with Crippen molar-refractivity contribution in [3.63, 3.8) is 0 Å². The molecule has 0 bridgehead atoms. The van der Waals surface area contributed by atoms with E-state index >= 15 is 0 Å². The normalized spacial score (nSPS) is 18.6. The van der Waals surface area contributed by atoms with Gasteiger partial charge in [0.15, 0.2) is 0 Å². The van der Waals surface area contributed by atoms with Gasteiger partial charge in [0.1, 0.15) is 11.6 Å². The van der Waals surface area contributed by atoms with E-state index in [1.54, 1.807) is 33.2 Å². The summed E-state index contributed by atoms with van der Waals surface area (Å²) in [6, 6.07) is 37.4. The van der Waals surface area contributed by atoms with E-state index in [-0.39, 0.29) is 42.4 Å². The number of alkyl halides is 1. The molecule has 4 fully saturated rings. The minimum Gasteiger partial charge on any atom is -0.480 e. The van der Waals surface area contributed by atoms with E-state index in [1.807, 2.05) is 60.7 Å². The Morgan fingerprint density at radius 3 is 1.55 bits per heavy atom. The molecule has 1 aliphatic heterocycles. The summed E-state index contributed by atoms with van der Waals surface area (Å²) in [5.41, 5.74) is 13.4. The van der Waals surface area contributed by atoms with Crippen molar-refractivity contribution in [1.29, 1.82) is 0 Å². The molecule has 12 rings (SSSR count). The van der Waals surface area contributed by atoms with E-state index in [0.29, 0.717) is 46.6 Å². The fourth-order valence-corrected chi connectivity index (χ4v) is 12.2. The van der Waals surface area contributed by atoms with E-state index < -0.39 is 54.0 Å². The highest BCUT2D eigenvalue weighted by atomic mass is 35.5. The Morgan fingerprint density at radius 1 is 0.648 bits per heavy atom. The first kappa shape index (κ1) is 70.8. The van der Waals surface area contributed by atoms with Gasteiger partial charge in [-0.3, -0.25) is 14.1 Å². The van der Waals surface area contributed by atoms with Gasteiger partial charge in [-0.05, 0) is 134 Å². The maximum Gasteiger partial charge on any atom is 0.411 e. The van der Waals surface area contributed by atoms with Crippen LogP contribution in [0.5, 0.6) is 0 Å². The number of fused-ring (bicyclic) bond motifs is 2. The zero-order valence-electron chi connectivity index (χ0n) is 51.8. The molecule has 2 amide bonds. The molecule has 5 heterocycles. The van der Waals surface area contributed by atoms with Crippen LogP contribution in [0.3, 0.4) is 0 Å². The second-order valence-electron chi connectivity index (χ2n) is 23.1. The fourth-order valence-electron chi connectivity index (χ4n) is 11.8. The van der Waals surface area contributed by atoms with E-state index in [4.69, 9.17) is 67.0 Å². The van der Waals surface area contributed by atoms with Crippen LogP contribution in [0.15, 0.2) is 134 Å². The van der Waals surface area contributed by atoms with Crippen molar-refractivity contribution in [3.8, 4) is 33.9 Å². The van der Waals surface area contributed by atoms with Crippen LogP contribution in [-0.4, -0.2) is 123 Å². The predicted molar refractivity (Wildman–Crippen MR) is 358 cm³/mol. The molecule has 4 aromatic carbocycles.